The summed E-state index contributed by atoms with van der Waals surface area (Å²) in [6.45, 7) is 1.88. The van der Waals surface area contributed by atoms with Crippen LogP contribution in [-0.4, -0.2) is 33.1 Å². The number of primary amides is 1. The van der Waals surface area contributed by atoms with E-state index in [1.807, 2.05) is 31.2 Å². The van der Waals surface area contributed by atoms with E-state index in [2.05, 4.69) is 9.97 Å². The van der Waals surface area contributed by atoms with Crippen molar-refractivity contribution in [3.63, 3.8) is 0 Å². The van der Waals surface area contributed by atoms with E-state index in [1.165, 1.54) is 0 Å². The van der Waals surface area contributed by atoms with Gasteiger partial charge in [0.25, 0.3) is 0 Å². The maximum absolute atomic E-state index is 11.8. The van der Waals surface area contributed by atoms with E-state index in [4.69, 9.17) is 15.6 Å². The zero-order valence-electron chi connectivity index (χ0n) is 13.9. The Bertz CT molecular complexity index is 681. The van der Waals surface area contributed by atoms with Crippen molar-refractivity contribution in [2.45, 2.75) is 25.9 Å². The molecule has 9 heteroatoms. The highest BCUT2D eigenvalue weighted by atomic mass is 19.4. The van der Waals surface area contributed by atoms with E-state index in [1.54, 1.807) is 24.8 Å². The molecule has 0 unspecified atom stereocenters. The predicted molar refractivity (Wildman–Crippen MR) is 86.9 cm³/mol. The Hall–Kier alpha value is -2.97. The van der Waals surface area contributed by atoms with Crippen LogP contribution in [-0.2, 0) is 22.4 Å². The van der Waals surface area contributed by atoms with Crippen molar-refractivity contribution in [3.05, 3.63) is 60.2 Å². The first kappa shape index (κ1) is 21.1. The van der Waals surface area contributed by atoms with Crippen LogP contribution in [0.1, 0.15) is 18.1 Å². The van der Waals surface area contributed by atoms with Crippen LogP contribution >= 0.6 is 0 Å². The van der Waals surface area contributed by atoms with Gasteiger partial charge in [0.1, 0.15) is 0 Å². The third kappa shape index (κ3) is 6.88. The van der Waals surface area contributed by atoms with Crippen LogP contribution in [0.5, 0.6) is 0 Å². The quantitative estimate of drug-likeness (QED) is 0.842. The summed E-state index contributed by atoms with van der Waals surface area (Å²) in [5.74, 6) is -3.06. The lowest BCUT2D eigenvalue weighted by Crippen LogP contribution is -2.38. The van der Waals surface area contributed by atoms with Crippen molar-refractivity contribution in [1.82, 2.24) is 9.97 Å². The van der Waals surface area contributed by atoms with Crippen molar-refractivity contribution in [1.29, 1.82) is 0 Å². The molecular weight excluding hydrogens is 351 g/mol. The summed E-state index contributed by atoms with van der Waals surface area (Å²) in [7, 11) is 0. The Kier molecular flexibility index (Phi) is 7.24. The Morgan fingerprint density at radius 3 is 1.65 bits per heavy atom. The summed E-state index contributed by atoms with van der Waals surface area (Å²) < 4.78 is 31.7. The predicted octanol–water partition coefficient (Wildman–Crippen LogP) is 2.39. The van der Waals surface area contributed by atoms with Crippen molar-refractivity contribution in [2.24, 2.45) is 11.1 Å². The Morgan fingerprint density at radius 2 is 1.42 bits per heavy atom. The van der Waals surface area contributed by atoms with Crippen LogP contribution in [0.4, 0.5) is 13.2 Å². The largest absolute Gasteiger partial charge is 0.490 e. The molecule has 2 aromatic heterocycles. The highest BCUT2D eigenvalue weighted by Crippen LogP contribution is 2.26. The number of rotatable bonds is 5. The number of carboxylic acids is 1. The number of aromatic nitrogens is 2. The van der Waals surface area contributed by atoms with Crippen LogP contribution in [0, 0.1) is 5.41 Å². The molecule has 3 N–H and O–H groups in total. The second kappa shape index (κ2) is 8.93. The minimum absolute atomic E-state index is 0.305. The van der Waals surface area contributed by atoms with E-state index in [-0.39, 0.29) is 5.91 Å². The monoisotopic (exact) mass is 369 g/mol. The summed E-state index contributed by atoms with van der Waals surface area (Å²) in [5.41, 5.74) is 6.97. The molecule has 0 saturated heterocycles. The van der Waals surface area contributed by atoms with Crippen molar-refractivity contribution >= 4 is 11.9 Å². The summed E-state index contributed by atoms with van der Waals surface area (Å²) in [5, 5.41) is 7.12. The average Bonchev–Trinajstić information content (AvgIpc) is 2.56. The Morgan fingerprint density at radius 1 is 1.04 bits per heavy atom. The zero-order valence-corrected chi connectivity index (χ0v) is 13.9. The van der Waals surface area contributed by atoms with Crippen molar-refractivity contribution < 1.29 is 27.9 Å². The van der Waals surface area contributed by atoms with Gasteiger partial charge < -0.3 is 10.8 Å². The van der Waals surface area contributed by atoms with Crippen molar-refractivity contribution in [3.8, 4) is 0 Å². The molecule has 0 fully saturated rings. The summed E-state index contributed by atoms with van der Waals surface area (Å²) >= 11 is 0. The molecule has 0 radical (unpaired) electrons. The average molecular weight is 369 g/mol. The van der Waals surface area contributed by atoms with Gasteiger partial charge in [-0.15, -0.1) is 0 Å². The van der Waals surface area contributed by atoms with Gasteiger partial charge in [-0.05, 0) is 36.1 Å². The zero-order chi connectivity index (χ0) is 19.8. The molecule has 0 aliphatic heterocycles. The lowest BCUT2D eigenvalue weighted by atomic mass is 9.78. The number of alkyl halides is 3. The van der Waals surface area contributed by atoms with Gasteiger partial charge in [-0.2, -0.15) is 13.2 Å². The number of hydrogen-bond acceptors (Lipinski definition) is 4. The third-order valence-corrected chi connectivity index (χ3v) is 3.47. The highest BCUT2D eigenvalue weighted by Gasteiger charge is 2.38. The second-order valence-electron chi connectivity index (χ2n) is 5.80. The minimum atomic E-state index is -5.08. The fourth-order valence-corrected chi connectivity index (χ4v) is 2.14. The van der Waals surface area contributed by atoms with Gasteiger partial charge in [-0.25, -0.2) is 4.79 Å². The summed E-state index contributed by atoms with van der Waals surface area (Å²) in [6.07, 6.45) is 3.03. The number of carboxylic acid groups (broad SMARTS) is 1. The lowest BCUT2D eigenvalue weighted by molar-refractivity contribution is -0.192. The fraction of sp³-hybridized carbons (Fsp3) is 0.294. The highest BCUT2D eigenvalue weighted by molar-refractivity contribution is 5.81. The molecule has 26 heavy (non-hydrogen) atoms. The van der Waals surface area contributed by atoms with E-state index in [0.717, 1.165) is 11.1 Å². The number of nitrogens with two attached hydrogens (primary N) is 1. The molecule has 0 aliphatic carbocycles. The molecule has 6 nitrogen and oxygen atoms in total. The normalized spacial score (nSPS) is 11.2. The van der Waals surface area contributed by atoms with Crippen LogP contribution in [0.15, 0.2) is 49.1 Å². The SMILES string of the molecule is CC(Cc1cccnc1)(Cc1cccnc1)C(N)=O.O=C(O)C(F)(F)F. The molecular formula is C17H18F3N3O3. The minimum Gasteiger partial charge on any atom is -0.475 e. The lowest BCUT2D eigenvalue weighted by Gasteiger charge is -2.26. The first-order valence-corrected chi connectivity index (χ1v) is 7.42. The number of hydrogen-bond donors (Lipinski definition) is 2. The van der Waals surface area contributed by atoms with E-state index in [9.17, 15) is 18.0 Å². The molecule has 0 saturated carbocycles. The molecule has 0 spiro atoms. The molecule has 0 aromatic carbocycles. The van der Waals surface area contributed by atoms with Crippen molar-refractivity contribution in [2.75, 3.05) is 0 Å². The Balaban J connectivity index is 0.000000412. The number of pyridine rings is 2. The van der Waals surface area contributed by atoms with E-state index < -0.39 is 17.6 Å². The number of carbonyl (C=O) groups is 2. The van der Waals surface area contributed by atoms with Gasteiger partial charge in [-0.3, -0.25) is 14.8 Å². The molecule has 2 heterocycles. The van der Waals surface area contributed by atoms with Gasteiger partial charge in [-0.1, -0.05) is 19.1 Å². The topological polar surface area (TPSA) is 106 Å². The van der Waals surface area contributed by atoms with Gasteiger partial charge in [0.15, 0.2) is 0 Å². The maximum atomic E-state index is 11.8. The van der Waals surface area contributed by atoms with Gasteiger partial charge in [0.05, 0.1) is 5.41 Å². The van der Waals surface area contributed by atoms with E-state index >= 15 is 0 Å². The molecule has 0 atom stereocenters. The van der Waals surface area contributed by atoms with E-state index in [0.29, 0.717) is 12.8 Å². The third-order valence-electron chi connectivity index (χ3n) is 3.47. The number of carbonyl (C=O) groups excluding carboxylic acids is 1. The van der Waals surface area contributed by atoms with Crippen LogP contribution < -0.4 is 5.73 Å². The number of amides is 1. The molecule has 1 amide bonds. The van der Waals surface area contributed by atoms with Gasteiger partial charge in [0, 0.05) is 24.8 Å². The van der Waals surface area contributed by atoms with Crippen LogP contribution in [0.3, 0.4) is 0 Å². The second-order valence-corrected chi connectivity index (χ2v) is 5.80. The Labute approximate surface area is 147 Å². The van der Waals surface area contributed by atoms with Gasteiger partial charge >= 0.3 is 12.1 Å². The molecule has 0 bridgehead atoms. The molecule has 2 aromatic rings. The number of nitrogens with zero attached hydrogens (tertiary/aromatic N) is 2. The number of halogens is 3. The first-order chi connectivity index (χ1) is 12.0. The number of aliphatic carboxylic acids is 1. The fourth-order valence-electron chi connectivity index (χ4n) is 2.14. The summed E-state index contributed by atoms with van der Waals surface area (Å²) in [6, 6.07) is 7.64. The summed E-state index contributed by atoms with van der Waals surface area (Å²) in [4.78, 5) is 28.8. The molecule has 0 aliphatic rings. The maximum Gasteiger partial charge on any atom is 0.490 e. The van der Waals surface area contributed by atoms with Crippen LogP contribution in [0.25, 0.3) is 0 Å². The smallest absolute Gasteiger partial charge is 0.475 e. The standard InChI is InChI=1S/C15H17N3O.C2HF3O2/c1-15(14(16)19,8-12-4-2-6-17-10-12)9-13-5-3-7-18-11-13;3-2(4,5)1(6)7/h2-7,10-11H,8-9H2,1H3,(H2,16,19);(H,6,7). The van der Waals surface area contributed by atoms with Crippen LogP contribution in [0.2, 0.25) is 0 Å². The first-order valence-electron chi connectivity index (χ1n) is 7.42. The van der Waals surface area contributed by atoms with Gasteiger partial charge in [0.2, 0.25) is 5.91 Å². The molecule has 2 rings (SSSR count). The molecule has 140 valence electrons.